The van der Waals surface area contributed by atoms with E-state index in [2.05, 4.69) is 134 Å². The van der Waals surface area contributed by atoms with Gasteiger partial charge in [0.25, 0.3) is 0 Å². The molecule has 0 unspecified atom stereocenters. The quantitative estimate of drug-likeness (QED) is 0.137. The molecule has 42 heteroatoms. The molecule has 17 aromatic heterocycles. The molecule has 0 atom stereocenters. The van der Waals surface area contributed by atoms with Crippen molar-refractivity contribution in [3.05, 3.63) is 261 Å². The van der Waals surface area contributed by atoms with Crippen molar-refractivity contribution in [1.82, 2.24) is 157 Å². The number of amides is 5. The number of aryl methyl sites for hydroxylation is 12. The number of nitrogens with zero attached hydrogens (tertiary/aromatic N) is 34. The second kappa shape index (κ2) is 36.5. The molecular formula is C103H99N37O5. The van der Waals surface area contributed by atoms with E-state index in [0.717, 1.165) is 209 Å². The number of fused-ring (bicyclic) bond motifs is 34. The first-order chi connectivity index (χ1) is 70.5. The maximum Gasteiger partial charge on any atom is 0.236 e. The van der Waals surface area contributed by atoms with Crippen LogP contribution in [0.4, 0.5) is 29.1 Å². The maximum atomic E-state index is 13.0. The molecule has 20 bridgehead atoms. The fraction of sp³-hybridized carbons (Fsp3) is 0.311. The van der Waals surface area contributed by atoms with Crippen LogP contribution < -0.4 is 25.8 Å². The lowest BCUT2D eigenvalue weighted by atomic mass is 10.0. The van der Waals surface area contributed by atoms with Gasteiger partial charge in [-0.25, -0.2) is 34.9 Å². The molecule has 0 aromatic carbocycles. The number of imidazole rings is 2. The van der Waals surface area contributed by atoms with Crippen LogP contribution >= 0.6 is 0 Å². The van der Waals surface area contributed by atoms with Crippen LogP contribution in [0.2, 0.25) is 0 Å². The van der Waals surface area contributed by atoms with Crippen molar-refractivity contribution in [1.29, 1.82) is 0 Å². The Bertz CT molecular complexity index is 8420. The van der Waals surface area contributed by atoms with Crippen LogP contribution in [0.5, 0.6) is 0 Å². The molecule has 1 fully saturated rings. The van der Waals surface area contributed by atoms with Gasteiger partial charge in [0.1, 0.15) is 22.8 Å². The Morgan fingerprint density at radius 2 is 0.641 bits per heavy atom. The summed E-state index contributed by atoms with van der Waals surface area (Å²) in [5.41, 5.74) is 32.2. The maximum absolute atomic E-state index is 13.0. The van der Waals surface area contributed by atoms with Crippen molar-refractivity contribution in [2.45, 2.75) is 175 Å². The predicted octanol–water partition coefficient (Wildman–Crippen LogP) is 11.7. The van der Waals surface area contributed by atoms with E-state index in [1.54, 1.807) is 81.3 Å². The van der Waals surface area contributed by atoms with E-state index in [1.807, 2.05) is 143 Å². The number of rotatable bonds is 1. The molecule has 1 saturated carbocycles. The van der Waals surface area contributed by atoms with Gasteiger partial charge >= 0.3 is 0 Å². The van der Waals surface area contributed by atoms with Crippen molar-refractivity contribution in [2.24, 2.45) is 21.1 Å². The number of carbonyl (C=O) groups is 5. The number of hydrogen-bond acceptors (Lipinski definition) is 27. The van der Waals surface area contributed by atoms with Crippen LogP contribution in [-0.4, -0.2) is 200 Å². The summed E-state index contributed by atoms with van der Waals surface area (Å²) in [5, 5.41) is 45.5. The van der Waals surface area contributed by atoms with E-state index < -0.39 is 0 Å². The lowest BCUT2D eigenvalue weighted by molar-refractivity contribution is -0.119. The zero-order chi connectivity index (χ0) is 98.8. The van der Waals surface area contributed by atoms with E-state index >= 15 is 0 Å². The van der Waals surface area contributed by atoms with Gasteiger partial charge in [0.15, 0.2) is 29.1 Å². The van der Waals surface area contributed by atoms with Crippen LogP contribution in [-0.2, 0) is 110 Å². The number of aromatic nitrogens is 32. The molecule has 0 spiro atoms. The molecule has 28 rings (SSSR count). The summed E-state index contributed by atoms with van der Waals surface area (Å²) in [6, 6.07) is 3.66. The molecule has 0 saturated heterocycles. The van der Waals surface area contributed by atoms with E-state index in [-0.39, 0.29) is 29.5 Å². The lowest BCUT2D eigenvalue weighted by Gasteiger charge is -2.17. The summed E-state index contributed by atoms with van der Waals surface area (Å²) in [6.45, 7) is 11.5. The van der Waals surface area contributed by atoms with Crippen LogP contribution in [0.1, 0.15) is 196 Å². The molecular weight excluding hydrogens is 1840 g/mol. The van der Waals surface area contributed by atoms with Gasteiger partial charge in [-0.05, 0) is 84.8 Å². The summed E-state index contributed by atoms with van der Waals surface area (Å²) in [4.78, 5) is 132. The summed E-state index contributed by atoms with van der Waals surface area (Å²) < 4.78 is 18.4. The molecule has 5 amide bonds. The van der Waals surface area contributed by atoms with Gasteiger partial charge in [-0.15, -0.1) is 0 Å². The lowest BCUT2D eigenvalue weighted by Crippen LogP contribution is -2.27. The third-order valence-electron chi connectivity index (χ3n) is 27.7. The highest BCUT2D eigenvalue weighted by molar-refractivity contribution is 6.00. The highest BCUT2D eigenvalue weighted by Crippen LogP contribution is 2.47. The van der Waals surface area contributed by atoms with Crippen molar-refractivity contribution in [2.75, 3.05) is 39.8 Å². The molecule has 0 radical (unpaired) electrons. The fourth-order valence-electron chi connectivity index (χ4n) is 20.3. The Morgan fingerprint density at radius 3 is 1.06 bits per heavy atom. The summed E-state index contributed by atoms with van der Waals surface area (Å²) >= 11 is 0. The van der Waals surface area contributed by atoms with Gasteiger partial charge in [-0.1, -0.05) is 30.4 Å². The Labute approximate surface area is 828 Å². The van der Waals surface area contributed by atoms with E-state index in [9.17, 15) is 24.0 Å². The van der Waals surface area contributed by atoms with E-state index in [4.69, 9.17) is 35.0 Å². The van der Waals surface area contributed by atoms with Crippen molar-refractivity contribution >= 4 is 98.0 Å². The monoisotopic (exact) mass is 1930 g/mol. The number of nitrogens with one attached hydrogen (secondary N) is 3. The van der Waals surface area contributed by atoms with Crippen LogP contribution in [0.3, 0.4) is 0 Å². The SMILES string of the molecule is Cc1nn2cc1C1=CCc3ncc(nc31)-c1c(nc3ncccn13)N(C)C(=O)CCC2.Cc1nn2cc1C1=CCc3ncc(nc31)-c1c(nc3ncccn13)NC(=O)CCC2.Cc1nn2cc1C1=CCc3ncc(nc31)-c1cn(C)nc1N(C)C(=O)CCC2.Cc1nn2cc1C1=CCc3ncc(nc31)-c1cn(C)nc1NC(=O)CCC2.Cn1cc2c(n1)NC(=O)CCCn1cc(c(C3CC3)n1)C1=CCc3ncc-2nc31. The molecule has 726 valence electrons. The largest absolute Gasteiger partial charge is 0.309 e. The average Bonchev–Trinajstić information content (AvgIpc) is 1.58. The summed E-state index contributed by atoms with van der Waals surface area (Å²) in [7, 11) is 9.04. The highest BCUT2D eigenvalue weighted by Gasteiger charge is 2.37. The third-order valence-corrected chi connectivity index (χ3v) is 27.7. The van der Waals surface area contributed by atoms with Gasteiger partial charge in [0, 0.05) is 268 Å². The molecule has 42 nitrogen and oxygen atoms in total. The number of allylic oxidation sites excluding steroid dienone is 5. The predicted molar refractivity (Wildman–Crippen MR) is 536 cm³/mol. The first-order valence-corrected chi connectivity index (χ1v) is 48.8. The first-order valence-electron chi connectivity index (χ1n) is 48.8. The van der Waals surface area contributed by atoms with Crippen LogP contribution in [0.25, 0.3) is 96.0 Å². The van der Waals surface area contributed by atoms with E-state index in [0.29, 0.717) is 159 Å². The Morgan fingerprint density at radius 1 is 0.310 bits per heavy atom. The Balaban J connectivity index is 0.0000000974. The molecule has 5 aliphatic heterocycles. The molecule has 6 aliphatic carbocycles. The molecule has 22 heterocycles. The van der Waals surface area contributed by atoms with Gasteiger partial charge in [0.05, 0.1) is 150 Å². The third kappa shape index (κ3) is 17.0. The average molecular weight is 1940 g/mol. The van der Waals surface area contributed by atoms with Gasteiger partial charge in [-0.2, -0.15) is 50.8 Å². The Kier molecular flexibility index (Phi) is 22.6. The highest BCUT2D eigenvalue weighted by atomic mass is 16.2. The summed E-state index contributed by atoms with van der Waals surface area (Å²) in [5.74, 6) is 4.00. The molecule has 3 N–H and O–H groups in total. The Hall–Kier alpha value is -17.6. The second-order valence-electron chi connectivity index (χ2n) is 37.8. The van der Waals surface area contributed by atoms with Gasteiger partial charge < -0.3 is 16.0 Å². The fourth-order valence-corrected chi connectivity index (χ4v) is 20.3. The topological polar surface area (TPSA) is 460 Å². The molecule has 145 heavy (non-hydrogen) atoms. The number of hydrogen-bond donors (Lipinski definition) is 3. The minimum Gasteiger partial charge on any atom is -0.309 e. The smallest absolute Gasteiger partial charge is 0.236 e. The molecule has 11 aliphatic rings. The zero-order valence-electron chi connectivity index (χ0n) is 81.2. The van der Waals surface area contributed by atoms with Gasteiger partial charge in [-0.3, -0.25) is 105 Å². The standard InChI is InChI=1S/C22H20N8O.C21H18N8O.C21H21N7O.C20H21N7O.C19H19N7O/c1-13-15-12-29(27-13)9-3-5-18(31)28(2)21-20(30-10-4-8-23-22(30)26-21)17-11-24-16-7-6-14(15)19(16)25-17;1-12-14-11-28(27-12)8-2-4-17(30)25-20-19(29-9-3-7-22-21(29)26-20)16-10-23-15-6-5-13(14)18(15)24-16;1-27-10-15-17-9-22-16-7-6-13(20(16)23-17)14-11-28(25-19(14)12-4-5-12)8-2-3-18(29)24-21(15)26-27;1-12-14-11-27(23-12)8-4-5-18(28)26(3)20-15(10-25(2)24-20)17-9-21-16-7-6-13(14)19(16)22-17;1-11-13-10-26(23-11)7-3-4-17(27)22-19-14(9-25(2)24-19)16-8-20-15-6-5-12(13)18(15)21-16/h4,6,8,10-12H,3,5,7,9H2,1-2H3;3,5,7,9-11H,2,4,6,8H2,1H3,(H,25,30);6,9-12H,2-5,7-8H2,1H3,(H,24,26,29);6,9-11H,4-5,7-8H2,1-3H3;5,8-10H,3-4,6-7H2,1-2H3,(H,22,24,27). The minimum atomic E-state index is -0.101. The van der Waals surface area contributed by atoms with Crippen LogP contribution in [0, 0.1) is 27.7 Å². The number of carbonyl (C=O) groups excluding carboxylic acids is 5. The van der Waals surface area contributed by atoms with Gasteiger partial charge in [0.2, 0.25) is 41.1 Å². The summed E-state index contributed by atoms with van der Waals surface area (Å²) in [6.07, 6.45) is 54.5. The second-order valence-corrected chi connectivity index (χ2v) is 37.8. The van der Waals surface area contributed by atoms with Crippen molar-refractivity contribution in [3.63, 3.8) is 0 Å². The van der Waals surface area contributed by atoms with Crippen molar-refractivity contribution < 1.29 is 24.0 Å². The first kappa shape index (κ1) is 90.0. The molecule has 17 aromatic rings. The number of anilines is 5. The minimum absolute atomic E-state index is 0.0134. The normalized spacial score (nSPS) is 16.2. The zero-order valence-corrected chi connectivity index (χ0v) is 81.2. The van der Waals surface area contributed by atoms with Crippen molar-refractivity contribution in [3.8, 4) is 56.5 Å². The van der Waals surface area contributed by atoms with E-state index in [1.165, 1.54) is 18.4 Å². The van der Waals surface area contributed by atoms with Crippen LogP contribution in [0.15, 0.2) is 148 Å².